The van der Waals surface area contributed by atoms with E-state index in [1.54, 1.807) is 40.1 Å². The fraction of sp³-hybridized carbons (Fsp3) is 0. The van der Waals surface area contributed by atoms with Crippen LogP contribution in [-0.4, -0.2) is 14.7 Å². The standard InChI is InChI=1S/C13H7ClN4OS/c14-9-1-2-11-12(5-9)17-13(16-18(11)19)6-10(15-17)8-3-4-20-7-8/h1-7H. The van der Waals surface area contributed by atoms with Crippen LogP contribution in [0, 0.1) is 5.21 Å². The van der Waals surface area contributed by atoms with Crippen LogP contribution in [0.1, 0.15) is 0 Å². The number of aromatic nitrogens is 4. The molecule has 0 atom stereocenters. The highest BCUT2D eigenvalue weighted by Crippen LogP contribution is 2.23. The molecule has 98 valence electrons. The molecule has 0 spiro atoms. The van der Waals surface area contributed by atoms with Crippen molar-refractivity contribution in [1.82, 2.24) is 14.7 Å². The SMILES string of the molecule is [O-][n+]1nc2cc(-c3ccsc3)nn2c2cc(Cl)ccc21. The molecule has 20 heavy (non-hydrogen) atoms. The predicted molar refractivity (Wildman–Crippen MR) is 77.8 cm³/mol. The summed E-state index contributed by atoms with van der Waals surface area (Å²) in [5.41, 5.74) is 3.36. The van der Waals surface area contributed by atoms with E-state index in [1.165, 1.54) is 0 Å². The first-order valence-electron chi connectivity index (χ1n) is 5.84. The van der Waals surface area contributed by atoms with E-state index in [1.807, 2.05) is 16.8 Å². The Bertz CT molecular complexity index is 933. The number of halogens is 1. The lowest BCUT2D eigenvalue weighted by atomic mass is 10.2. The third-order valence-electron chi connectivity index (χ3n) is 3.07. The Kier molecular flexibility index (Phi) is 2.42. The summed E-state index contributed by atoms with van der Waals surface area (Å²) in [4.78, 5) is 0.597. The molecule has 0 bridgehead atoms. The van der Waals surface area contributed by atoms with Gasteiger partial charge >= 0.3 is 0 Å². The highest BCUT2D eigenvalue weighted by atomic mass is 35.5. The zero-order valence-corrected chi connectivity index (χ0v) is 11.6. The lowest BCUT2D eigenvalue weighted by Crippen LogP contribution is -2.32. The van der Waals surface area contributed by atoms with Gasteiger partial charge in [0.1, 0.15) is 5.52 Å². The number of benzene rings is 1. The normalized spacial score (nSPS) is 11.4. The van der Waals surface area contributed by atoms with Gasteiger partial charge in [-0.25, -0.2) is 4.52 Å². The Labute approximate surface area is 122 Å². The van der Waals surface area contributed by atoms with Crippen molar-refractivity contribution in [3.8, 4) is 11.3 Å². The lowest BCUT2D eigenvalue weighted by Gasteiger charge is -2.01. The summed E-state index contributed by atoms with van der Waals surface area (Å²) in [6.45, 7) is 0. The Hall–Kier alpha value is -2.18. The summed E-state index contributed by atoms with van der Waals surface area (Å²) in [6, 6.07) is 8.78. The highest BCUT2D eigenvalue weighted by Gasteiger charge is 2.15. The maximum absolute atomic E-state index is 11.9. The van der Waals surface area contributed by atoms with Crippen molar-refractivity contribution in [2.75, 3.05) is 0 Å². The summed E-state index contributed by atoms with van der Waals surface area (Å²) in [7, 11) is 0. The first-order valence-corrected chi connectivity index (χ1v) is 7.16. The van der Waals surface area contributed by atoms with E-state index in [0.29, 0.717) is 26.5 Å². The third kappa shape index (κ3) is 1.65. The maximum atomic E-state index is 11.9. The zero-order valence-electron chi connectivity index (χ0n) is 10.0. The Balaban J connectivity index is 2.11. The molecule has 4 rings (SSSR count). The molecule has 0 amide bonds. The van der Waals surface area contributed by atoms with Crippen LogP contribution in [0.15, 0.2) is 41.1 Å². The zero-order chi connectivity index (χ0) is 13.7. The predicted octanol–water partition coefficient (Wildman–Crippen LogP) is 2.90. The van der Waals surface area contributed by atoms with Gasteiger partial charge in [-0.2, -0.15) is 16.4 Å². The second-order valence-electron chi connectivity index (χ2n) is 4.32. The van der Waals surface area contributed by atoms with Crippen molar-refractivity contribution in [2.24, 2.45) is 0 Å². The molecule has 0 N–H and O–H groups in total. The molecule has 4 aromatic rings. The lowest BCUT2D eigenvalue weighted by molar-refractivity contribution is -0.640. The molecular weight excluding hydrogens is 296 g/mol. The Morgan fingerprint density at radius 3 is 2.95 bits per heavy atom. The van der Waals surface area contributed by atoms with E-state index in [0.717, 1.165) is 11.3 Å². The molecule has 5 nitrogen and oxygen atoms in total. The van der Waals surface area contributed by atoms with Crippen molar-refractivity contribution < 1.29 is 4.85 Å². The van der Waals surface area contributed by atoms with Crippen molar-refractivity contribution in [2.45, 2.75) is 0 Å². The topological polar surface area (TPSA) is 57.1 Å². The molecule has 0 saturated heterocycles. The van der Waals surface area contributed by atoms with Gasteiger partial charge in [0.2, 0.25) is 5.65 Å². The van der Waals surface area contributed by atoms with Crippen LogP contribution in [0.5, 0.6) is 0 Å². The molecule has 0 aliphatic rings. The maximum Gasteiger partial charge on any atom is 0.270 e. The van der Waals surface area contributed by atoms with Crippen LogP contribution in [-0.2, 0) is 0 Å². The molecule has 3 aromatic heterocycles. The molecule has 0 fully saturated rings. The molecule has 3 heterocycles. The molecule has 1 aromatic carbocycles. The minimum absolute atomic E-state index is 0.432. The van der Waals surface area contributed by atoms with Crippen LogP contribution < -0.4 is 4.85 Å². The van der Waals surface area contributed by atoms with Crippen molar-refractivity contribution >= 4 is 39.6 Å². The van der Waals surface area contributed by atoms with E-state index < -0.39 is 0 Å². The summed E-state index contributed by atoms with van der Waals surface area (Å²) >= 11 is 7.60. The molecule has 0 aliphatic heterocycles. The van der Waals surface area contributed by atoms with Crippen LogP contribution >= 0.6 is 22.9 Å². The summed E-state index contributed by atoms with van der Waals surface area (Å²) < 4.78 is 1.64. The summed E-state index contributed by atoms with van der Waals surface area (Å²) in [5, 5.41) is 25.0. The van der Waals surface area contributed by atoms with E-state index in [-0.39, 0.29) is 0 Å². The smallest absolute Gasteiger partial charge is 0.270 e. The van der Waals surface area contributed by atoms with E-state index in [4.69, 9.17) is 11.6 Å². The number of fused-ring (bicyclic) bond motifs is 3. The second kappa shape index (κ2) is 4.16. The van der Waals surface area contributed by atoms with E-state index in [9.17, 15) is 5.21 Å². The average Bonchev–Trinajstić information content (AvgIpc) is 3.06. The number of hydrogen-bond acceptors (Lipinski definition) is 4. The fourth-order valence-corrected chi connectivity index (χ4v) is 2.96. The van der Waals surface area contributed by atoms with Gasteiger partial charge in [0, 0.05) is 33.2 Å². The van der Waals surface area contributed by atoms with Gasteiger partial charge in [-0.3, -0.25) is 0 Å². The van der Waals surface area contributed by atoms with E-state index in [2.05, 4.69) is 10.2 Å². The van der Waals surface area contributed by atoms with Gasteiger partial charge in [0.15, 0.2) is 0 Å². The van der Waals surface area contributed by atoms with Crippen molar-refractivity contribution in [3.63, 3.8) is 0 Å². The molecular formula is C13H7ClN4OS. The molecule has 0 radical (unpaired) electrons. The third-order valence-corrected chi connectivity index (χ3v) is 3.99. The first kappa shape index (κ1) is 11.6. The number of hydrogen-bond donors (Lipinski definition) is 0. The van der Waals surface area contributed by atoms with Crippen LogP contribution in [0.4, 0.5) is 0 Å². The van der Waals surface area contributed by atoms with E-state index >= 15 is 0 Å². The fourth-order valence-electron chi connectivity index (χ4n) is 2.15. The average molecular weight is 303 g/mol. The van der Waals surface area contributed by atoms with Gasteiger partial charge in [-0.05, 0) is 28.4 Å². The number of nitrogens with zero attached hydrogens (tertiary/aromatic N) is 4. The van der Waals surface area contributed by atoms with Gasteiger partial charge in [0.25, 0.3) is 5.52 Å². The highest BCUT2D eigenvalue weighted by molar-refractivity contribution is 7.08. The van der Waals surface area contributed by atoms with Crippen LogP contribution in [0.3, 0.4) is 0 Å². The molecule has 0 aliphatic carbocycles. The minimum Gasteiger partial charge on any atom is -0.594 e. The second-order valence-corrected chi connectivity index (χ2v) is 5.53. The quantitative estimate of drug-likeness (QED) is 0.401. The summed E-state index contributed by atoms with van der Waals surface area (Å²) in [6.07, 6.45) is 0. The molecule has 0 saturated carbocycles. The Morgan fingerprint density at radius 2 is 2.15 bits per heavy atom. The first-order chi connectivity index (χ1) is 9.72. The largest absolute Gasteiger partial charge is 0.594 e. The molecule has 0 unspecified atom stereocenters. The van der Waals surface area contributed by atoms with Gasteiger partial charge in [-0.15, -0.1) is 0 Å². The van der Waals surface area contributed by atoms with Gasteiger partial charge < -0.3 is 5.21 Å². The molecule has 7 heteroatoms. The minimum atomic E-state index is 0.432. The monoisotopic (exact) mass is 302 g/mol. The van der Waals surface area contributed by atoms with Crippen molar-refractivity contribution in [3.05, 3.63) is 51.3 Å². The number of rotatable bonds is 1. The Morgan fingerprint density at radius 1 is 1.25 bits per heavy atom. The van der Waals surface area contributed by atoms with Crippen LogP contribution in [0.2, 0.25) is 5.02 Å². The summed E-state index contributed by atoms with van der Waals surface area (Å²) in [5.74, 6) is 0. The van der Waals surface area contributed by atoms with Crippen molar-refractivity contribution in [1.29, 1.82) is 0 Å². The van der Waals surface area contributed by atoms with Gasteiger partial charge in [-0.1, -0.05) is 11.6 Å². The number of thiophene rings is 1. The van der Waals surface area contributed by atoms with Gasteiger partial charge in [0.05, 0.1) is 5.69 Å². The van der Waals surface area contributed by atoms with Crippen LogP contribution in [0.25, 0.3) is 27.9 Å².